The van der Waals surface area contributed by atoms with E-state index in [4.69, 9.17) is 0 Å². The Hall–Kier alpha value is -0.670. The zero-order valence-corrected chi connectivity index (χ0v) is 10.8. The molecule has 0 aromatic heterocycles. The van der Waals surface area contributed by atoms with Crippen LogP contribution >= 0.6 is 15.9 Å². The van der Waals surface area contributed by atoms with E-state index >= 15 is 0 Å². The number of hydrogen-bond donors (Lipinski definition) is 1. The van der Waals surface area contributed by atoms with Crippen molar-refractivity contribution in [2.45, 2.75) is 25.3 Å². The van der Waals surface area contributed by atoms with Crippen LogP contribution in [0.5, 0.6) is 0 Å². The predicted molar refractivity (Wildman–Crippen MR) is 67.8 cm³/mol. The van der Waals surface area contributed by atoms with Crippen LogP contribution in [0, 0.1) is 5.82 Å². The highest BCUT2D eigenvalue weighted by Crippen LogP contribution is 2.33. The molecule has 1 aromatic rings. The molecule has 0 aliphatic heterocycles. The SMILES string of the molecule is CNC(C1=CCCC1)c1cccc(Br)c1F. The van der Waals surface area contributed by atoms with Gasteiger partial charge in [0.25, 0.3) is 0 Å². The fourth-order valence-electron chi connectivity index (χ4n) is 2.24. The minimum absolute atomic E-state index is 0.0139. The number of rotatable bonds is 3. The summed E-state index contributed by atoms with van der Waals surface area (Å²) in [5, 5.41) is 3.20. The molecule has 0 saturated carbocycles. The minimum Gasteiger partial charge on any atom is -0.310 e. The van der Waals surface area contributed by atoms with Gasteiger partial charge in [-0.15, -0.1) is 0 Å². The van der Waals surface area contributed by atoms with Gasteiger partial charge in [0.2, 0.25) is 0 Å². The van der Waals surface area contributed by atoms with Crippen molar-refractivity contribution in [1.29, 1.82) is 0 Å². The Morgan fingerprint density at radius 1 is 1.44 bits per heavy atom. The molecule has 0 bridgehead atoms. The van der Waals surface area contributed by atoms with Gasteiger partial charge in [0.05, 0.1) is 10.5 Å². The highest BCUT2D eigenvalue weighted by molar-refractivity contribution is 9.10. The number of likely N-dealkylation sites (N-methyl/N-ethyl adjacent to an activating group) is 1. The molecule has 86 valence electrons. The Morgan fingerprint density at radius 3 is 2.88 bits per heavy atom. The van der Waals surface area contributed by atoms with E-state index < -0.39 is 0 Å². The lowest BCUT2D eigenvalue weighted by Crippen LogP contribution is -2.19. The Balaban J connectivity index is 2.36. The molecule has 2 rings (SSSR count). The predicted octanol–water partition coefficient (Wildman–Crippen LogP) is 3.96. The van der Waals surface area contributed by atoms with Crippen LogP contribution in [0.15, 0.2) is 34.3 Å². The fourth-order valence-corrected chi connectivity index (χ4v) is 2.62. The summed E-state index contributed by atoms with van der Waals surface area (Å²) in [5.74, 6) is -0.158. The lowest BCUT2D eigenvalue weighted by Gasteiger charge is -2.19. The van der Waals surface area contributed by atoms with E-state index in [2.05, 4.69) is 27.3 Å². The van der Waals surface area contributed by atoms with Crippen LogP contribution in [-0.2, 0) is 0 Å². The number of benzene rings is 1. The van der Waals surface area contributed by atoms with Gasteiger partial charge in [0, 0.05) is 5.56 Å². The van der Waals surface area contributed by atoms with E-state index in [9.17, 15) is 4.39 Å². The minimum atomic E-state index is -0.158. The first kappa shape index (κ1) is 11.8. The summed E-state index contributed by atoms with van der Waals surface area (Å²) in [7, 11) is 1.88. The number of nitrogens with one attached hydrogen (secondary N) is 1. The number of halogens is 2. The maximum Gasteiger partial charge on any atom is 0.142 e. The largest absolute Gasteiger partial charge is 0.310 e. The maximum atomic E-state index is 14.0. The Kier molecular flexibility index (Phi) is 3.77. The Bertz CT molecular complexity index is 414. The molecule has 0 heterocycles. The molecule has 3 heteroatoms. The summed E-state index contributed by atoms with van der Waals surface area (Å²) in [6, 6.07) is 5.47. The van der Waals surface area contributed by atoms with Gasteiger partial charge in [0.15, 0.2) is 0 Å². The molecule has 0 spiro atoms. The van der Waals surface area contributed by atoms with Crippen molar-refractivity contribution in [3.63, 3.8) is 0 Å². The van der Waals surface area contributed by atoms with Crippen LogP contribution in [-0.4, -0.2) is 7.05 Å². The third kappa shape index (κ3) is 2.20. The van der Waals surface area contributed by atoms with Gasteiger partial charge < -0.3 is 5.32 Å². The monoisotopic (exact) mass is 283 g/mol. The smallest absolute Gasteiger partial charge is 0.142 e. The van der Waals surface area contributed by atoms with Gasteiger partial charge in [-0.05, 0) is 48.3 Å². The normalized spacial score (nSPS) is 17.3. The first-order chi connectivity index (χ1) is 7.74. The summed E-state index contributed by atoms with van der Waals surface area (Å²) >= 11 is 3.23. The van der Waals surface area contributed by atoms with Crippen molar-refractivity contribution in [3.05, 3.63) is 45.7 Å². The molecular formula is C13H15BrFN. The van der Waals surface area contributed by atoms with Gasteiger partial charge in [-0.3, -0.25) is 0 Å². The second-order valence-corrected chi connectivity index (χ2v) is 4.89. The topological polar surface area (TPSA) is 12.0 Å². The van der Waals surface area contributed by atoms with E-state index in [1.807, 2.05) is 19.2 Å². The highest BCUT2D eigenvalue weighted by Gasteiger charge is 2.21. The van der Waals surface area contributed by atoms with Gasteiger partial charge in [-0.2, -0.15) is 0 Å². The molecule has 1 aromatic carbocycles. The fraction of sp³-hybridized carbons (Fsp3) is 0.385. The van der Waals surface area contributed by atoms with E-state index in [0.29, 0.717) is 4.47 Å². The quantitative estimate of drug-likeness (QED) is 0.828. The van der Waals surface area contributed by atoms with Crippen molar-refractivity contribution in [2.75, 3.05) is 7.05 Å². The van der Waals surface area contributed by atoms with Gasteiger partial charge in [-0.25, -0.2) is 4.39 Å². The van der Waals surface area contributed by atoms with Gasteiger partial charge in [-0.1, -0.05) is 23.8 Å². The van der Waals surface area contributed by atoms with Crippen molar-refractivity contribution in [1.82, 2.24) is 5.32 Å². The Labute approximate surface area is 104 Å². The molecule has 1 aliphatic rings. The van der Waals surface area contributed by atoms with Crippen molar-refractivity contribution in [3.8, 4) is 0 Å². The van der Waals surface area contributed by atoms with E-state index in [1.165, 1.54) is 12.0 Å². The molecule has 0 fully saturated rings. The van der Waals surface area contributed by atoms with Gasteiger partial charge >= 0.3 is 0 Å². The van der Waals surface area contributed by atoms with E-state index in [-0.39, 0.29) is 11.9 Å². The van der Waals surface area contributed by atoms with Gasteiger partial charge in [0.1, 0.15) is 5.82 Å². The van der Waals surface area contributed by atoms with E-state index in [0.717, 1.165) is 18.4 Å². The van der Waals surface area contributed by atoms with Crippen molar-refractivity contribution in [2.24, 2.45) is 0 Å². The zero-order chi connectivity index (χ0) is 11.5. The first-order valence-corrected chi connectivity index (χ1v) is 6.33. The van der Waals surface area contributed by atoms with Crippen LogP contribution in [0.4, 0.5) is 4.39 Å². The van der Waals surface area contributed by atoms with Crippen LogP contribution in [0.25, 0.3) is 0 Å². The summed E-state index contributed by atoms with van der Waals surface area (Å²) in [5.41, 5.74) is 2.03. The average molecular weight is 284 g/mol. The third-order valence-electron chi connectivity index (χ3n) is 3.03. The summed E-state index contributed by atoms with van der Waals surface area (Å²) < 4.78 is 14.5. The van der Waals surface area contributed by atoms with Crippen molar-refractivity contribution >= 4 is 15.9 Å². The molecule has 0 radical (unpaired) electrons. The van der Waals surface area contributed by atoms with Crippen molar-refractivity contribution < 1.29 is 4.39 Å². The molecule has 1 atom stereocenters. The molecule has 16 heavy (non-hydrogen) atoms. The second kappa shape index (κ2) is 5.11. The van der Waals surface area contributed by atoms with Crippen LogP contribution < -0.4 is 5.32 Å². The lowest BCUT2D eigenvalue weighted by atomic mass is 9.98. The second-order valence-electron chi connectivity index (χ2n) is 4.04. The van der Waals surface area contributed by atoms with Crippen LogP contribution in [0.2, 0.25) is 0 Å². The third-order valence-corrected chi connectivity index (χ3v) is 3.64. The zero-order valence-electron chi connectivity index (χ0n) is 9.26. The highest BCUT2D eigenvalue weighted by atomic mass is 79.9. The molecule has 1 unspecified atom stereocenters. The molecule has 0 saturated heterocycles. The Morgan fingerprint density at radius 2 is 2.25 bits per heavy atom. The molecule has 1 aliphatic carbocycles. The summed E-state index contributed by atoms with van der Waals surface area (Å²) in [6.45, 7) is 0. The summed E-state index contributed by atoms with van der Waals surface area (Å²) in [4.78, 5) is 0. The molecule has 0 amide bonds. The molecule has 1 nitrogen and oxygen atoms in total. The average Bonchev–Trinajstić information content (AvgIpc) is 2.79. The molecule has 1 N–H and O–H groups in total. The van der Waals surface area contributed by atoms with Crippen LogP contribution in [0.1, 0.15) is 30.9 Å². The van der Waals surface area contributed by atoms with E-state index in [1.54, 1.807) is 6.07 Å². The number of allylic oxidation sites excluding steroid dienone is 1. The van der Waals surface area contributed by atoms with Crippen LogP contribution in [0.3, 0.4) is 0 Å². The number of hydrogen-bond acceptors (Lipinski definition) is 1. The standard InChI is InChI=1S/C13H15BrFN/c1-16-13(9-5-2-3-6-9)10-7-4-8-11(14)12(10)15/h4-5,7-8,13,16H,2-3,6H2,1H3. The molecular weight excluding hydrogens is 269 g/mol. The first-order valence-electron chi connectivity index (χ1n) is 5.54. The maximum absolute atomic E-state index is 14.0. The lowest BCUT2D eigenvalue weighted by molar-refractivity contribution is 0.562. The summed E-state index contributed by atoms with van der Waals surface area (Å²) in [6.07, 6.45) is 5.59.